The molecule has 1 fully saturated rings. The van der Waals surface area contributed by atoms with E-state index in [0.717, 1.165) is 18.2 Å². The summed E-state index contributed by atoms with van der Waals surface area (Å²) in [5.74, 6) is -1.15. The maximum Gasteiger partial charge on any atom is 0.322 e. The van der Waals surface area contributed by atoms with Gasteiger partial charge in [0.05, 0.1) is 5.69 Å². The molecule has 74 valence electrons. The number of hydrogen-bond donors (Lipinski definition) is 1. The Balaban J connectivity index is 2.39. The molecule has 1 saturated heterocycles. The molecular formula is C9H8F2N2O. The lowest BCUT2D eigenvalue weighted by Gasteiger charge is -2.14. The predicted octanol–water partition coefficient (Wildman–Crippen LogP) is 1.49. The molecule has 0 bridgehead atoms. The third-order valence-corrected chi connectivity index (χ3v) is 2.06. The number of hydrogen-bond acceptors (Lipinski definition) is 1. The molecule has 1 aliphatic rings. The Morgan fingerprint density at radius 2 is 2.14 bits per heavy atom. The number of urea groups is 1. The van der Waals surface area contributed by atoms with Crippen molar-refractivity contribution in [1.82, 2.24) is 5.32 Å². The van der Waals surface area contributed by atoms with Crippen LogP contribution >= 0.6 is 0 Å². The highest BCUT2D eigenvalue weighted by atomic mass is 19.1. The van der Waals surface area contributed by atoms with Crippen LogP contribution in [0.2, 0.25) is 0 Å². The first kappa shape index (κ1) is 8.93. The SMILES string of the molecule is O=C1NCCN1c1cc(F)ccc1F. The second-order valence-electron chi connectivity index (χ2n) is 2.98. The van der Waals surface area contributed by atoms with Crippen LogP contribution in [0.5, 0.6) is 0 Å². The van der Waals surface area contributed by atoms with E-state index in [-0.39, 0.29) is 5.69 Å². The normalized spacial score (nSPS) is 15.9. The van der Waals surface area contributed by atoms with Crippen LogP contribution in [0, 0.1) is 11.6 Å². The van der Waals surface area contributed by atoms with Crippen molar-refractivity contribution in [2.24, 2.45) is 0 Å². The molecule has 5 heteroatoms. The molecule has 3 nitrogen and oxygen atoms in total. The summed E-state index contributed by atoms with van der Waals surface area (Å²) in [5.41, 5.74) is -0.0139. The second-order valence-corrected chi connectivity index (χ2v) is 2.98. The molecule has 0 radical (unpaired) electrons. The van der Waals surface area contributed by atoms with Crippen molar-refractivity contribution in [2.45, 2.75) is 0 Å². The van der Waals surface area contributed by atoms with Crippen molar-refractivity contribution in [1.29, 1.82) is 0 Å². The molecule has 0 saturated carbocycles. The van der Waals surface area contributed by atoms with Gasteiger partial charge < -0.3 is 5.32 Å². The van der Waals surface area contributed by atoms with Gasteiger partial charge in [0.25, 0.3) is 0 Å². The molecule has 0 aliphatic carbocycles. The lowest BCUT2D eigenvalue weighted by Crippen LogP contribution is -2.28. The molecule has 1 N–H and O–H groups in total. The van der Waals surface area contributed by atoms with Crippen LogP contribution in [0.3, 0.4) is 0 Å². The van der Waals surface area contributed by atoms with Crippen LogP contribution in [0.1, 0.15) is 0 Å². The zero-order chi connectivity index (χ0) is 10.1. The number of rotatable bonds is 1. The highest BCUT2D eigenvalue weighted by Gasteiger charge is 2.23. The van der Waals surface area contributed by atoms with Crippen molar-refractivity contribution in [3.63, 3.8) is 0 Å². The molecule has 0 unspecified atom stereocenters. The van der Waals surface area contributed by atoms with E-state index in [2.05, 4.69) is 5.32 Å². The van der Waals surface area contributed by atoms with Crippen LogP contribution in [-0.2, 0) is 0 Å². The number of nitrogens with one attached hydrogen (secondary N) is 1. The predicted molar refractivity (Wildman–Crippen MR) is 47.1 cm³/mol. The van der Waals surface area contributed by atoms with Crippen LogP contribution in [0.15, 0.2) is 18.2 Å². The molecule has 0 aromatic heterocycles. The number of benzene rings is 1. The zero-order valence-corrected chi connectivity index (χ0v) is 7.26. The summed E-state index contributed by atoms with van der Waals surface area (Å²) in [4.78, 5) is 12.3. The van der Waals surface area contributed by atoms with Crippen molar-refractivity contribution in [3.8, 4) is 0 Å². The Hall–Kier alpha value is -1.65. The average Bonchev–Trinajstić information content (AvgIpc) is 2.56. The first-order valence-corrected chi connectivity index (χ1v) is 4.19. The standard InChI is InChI=1S/C9H8F2N2O/c10-6-1-2-7(11)8(5-6)13-4-3-12-9(13)14/h1-2,5H,3-4H2,(H,12,14). The number of carbonyl (C=O) groups excluding carboxylic acids is 1. The number of nitrogens with zero attached hydrogens (tertiary/aromatic N) is 1. The molecule has 2 amide bonds. The van der Waals surface area contributed by atoms with Crippen molar-refractivity contribution >= 4 is 11.7 Å². The molecule has 14 heavy (non-hydrogen) atoms. The van der Waals surface area contributed by atoms with Gasteiger partial charge in [0.2, 0.25) is 0 Å². The molecule has 1 aliphatic heterocycles. The monoisotopic (exact) mass is 198 g/mol. The van der Waals surface area contributed by atoms with Crippen LogP contribution in [-0.4, -0.2) is 19.1 Å². The van der Waals surface area contributed by atoms with Crippen LogP contribution in [0.4, 0.5) is 19.3 Å². The first-order valence-electron chi connectivity index (χ1n) is 4.19. The van der Waals surface area contributed by atoms with Gasteiger partial charge in [-0.25, -0.2) is 13.6 Å². The fourth-order valence-electron chi connectivity index (χ4n) is 1.39. The van der Waals surface area contributed by atoms with E-state index in [0.29, 0.717) is 13.1 Å². The van der Waals surface area contributed by atoms with Gasteiger partial charge in [-0.3, -0.25) is 4.90 Å². The summed E-state index contributed by atoms with van der Waals surface area (Å²) in [6.07, 6.45) is 0. The van der Waals surface area contributed by atoms with Gasteiger partial charge >= 0.3 is 6.03 Å². The van der Waals surface area contributed by atoms with E-state index in [1.807, 2.05) is 0 Å². The highest BCUT2D eigenvalue weighted by molar-refractivity contribution is 5.94. The van der Waals surface area contributed by atoms with Crippen molar-refractivity contribution < 1.29 is 13.6 Å². The van der Waals surface area contributed by atoms with E-state index in [1.165, 1.54) is 4.90 Å². The Labute approximate surface area is 79.3 Å². The van der Waals surface area contributed by atoms with E-state index in [9.17, 15) is 13.6 Å². The molecule has 2 rings (SSSR count). The Bertz CT molecular complexity index is 381. The summed E-state index contributed by atoms with van der Waals surface area (Å²) in [6.45, 7) is 0.813. The Kier molecular flexibility index (Phi) is 2.07. The van der Waals surface area contributed by atoms with Gasteiger partial charge in [-0.1, -0.05) is 0 Å². The maximum atomic E-state index is 13.2. The summed E-state index contributed by atoms with van der Waals surface area (Å²) < 4.78 is 26.0. The summed E-state index contributed by atoms with van der Waals surface area (Å²) in [7, 11) is 0. The molecule has 1 heterocycles. The molecule has 0 atom stereocenters. The summed E-state index contributed by atoms with van der Waals surface area (Å²) >= 11 is 0. The van der Waals surface area contributed by atoms with Crippen molar-refractivity contribution in [3.05, 3.63) is 29.8 Å². The lowest BCUT2D eigenvalue weighted by molar-refractivity contribution is 0.252. The third-order valence-electron chi connectivity index (χ3n) is 2.06. The van der Waals surface area contributed by atoms with E-state index in [4.69, 9.17) is 0 Å². The van der Waals surface area contributed by atoms with Gasteiger partial charge in [0.1, 0.15) is 11.6 Å². The minimum atomic E-state index is -0.594. The van der Waals surface area contributed by atoms with Crippen LogP contribution in [0.25, 0.3) is 0 Å². The van der Waals surface area contributed by atoms with Crippen molar-refractivity contribution in [2.75, 3.05) is 18.0 Å². The fraction of sp³-hybridized carbons (Fsp3) is 0.222. The first-order chi connectivity index (χ1) is 6.68. The number of halogens is 2. The number of carbonyl (C=O) groups is 1. The smallest absolute Gasteiger partial charge is 0.322 e. The largest absolute Gasteiger partial charge is 0.336 e. The number of amides is 2. The van der Waals surface area contributed by atoms with Gasteiger partial charge in [0.15, 0.2) is 0 Å². The summed E-state index contributed by atoms with van der Waals surface area (Å²) in [5, 5.41) is 2.51. The topological polar surface area (TPSA) is 32.3 Å². The minimum absolute atomic E-state index is 0.0139. The van der Waals surface area contributed by atoms with E-state index < -0.39 is 17.7 Å². The second kappa shape index (κ2) is 3.25. The van der Waals surface area contributed by atoms with Gasteiger partial charge in [0, 0.05) is 19.2 Å². The third kappa shape index (κ3) is 1.41. The lowest BCUT2D eigenvalue weighted by atomic mass is 10.2. The minimum Gasteiger partial charge on any atom is -0.336 e. The molecule has 1 aromatic rings. The molecule has 1 aromatic carbocycles. The molecule has 0 spiro atoms. The van der Waals surface area contributed by atoms with E-state index in [1.54, 1.807) is 0 Å². The van der Waals surface area contributed by atoms with E-state index >= 15 is 0 Å². The molecular weight excluding hydrogens is 190 g/mol. The highest BCUT2D eigenvalue weighted by Crippen LogP contribution is 2.21. The average molecular weight is 198 g/mol. The Morgan fingerprint density at radius 1 is 1.36 bits per heavy atom. The van der Waals surface area contributed by atoms with Crippen LogP contribution < -0.4 is 10.2 Å². The maximum absolute atomic E-state index is 13.2. The number of anilines is 1. The van der Waals surface area contributed by atoms with Gasteiger partial charge in [-0.2, -0.15) is 0 Å². The quantitative estimate of drug-likeness (QED) is 0.728. The summed E-state index contributed by atoms with van der Waals surface area (Å²) in [6, 6.07) is 2.65. The van der Waals surface area contributed by atoms with Gasteiger partial charge in [-0.05, 0) is 12.1 Å². The Morgan fingerprint density at radius 3 is 2.79 bits per heavy atom. The zero-order valence-electron chi connectivity index (χ0n) is 7.26. The van der Waals surface area contributed by atoms with Gasteiger partial charge in [-0.15, -0.1) is 0 Å². The fourth-order valence-corrected chi connectivity index (χ4v) is 1.39.